The van der Waals surface area contributed by atoms with Gasteiger partial charge in [-0.05, 0) is 48.9 Å². The summed E-state index contributed by atoms with van der Waals surface area (Å²) in [6.07, 6.45) is 3.13. The molecule has 0 saturated heterocycles. The number of hydrogen-bond acceptors (Lipinski definition) is 8. The van der Waals surface area contributed by atoms with Crippen LogP contribution in [0.2, 0.25) is 0 Å². The summed E-state index contributed by atoms with van der Waals surface area (Å²) in [4.78, 5) is 27.4. The molecule has 156 valence electrons. The molecule has 2 aromatic rings. The van der Waals surface area contributed by atoms with Gasteiger partial charge >= 0.3 is 11.9 Å². The number of nitrogens with one attached hydrogen (secondary N) is 1. The van der Waals surface area contributed by atoms with Crippen LogP contribution >= 0.6 is 11.8 Å². The summed E-state index contributed by atoms with van der Waals surface area (Å²) in [5, 5.41) is 16.7. The molecule has 29 heavy (non-hydrogen) atoms. The van der Waals surface area contributed by atoms with Gasteiger partial charge in [0.1, 0.15) is 10.7 Å². The molecule has 1 aromatic carbocycles. The Morgan fingerprint density at radius 3 is 2.72 bits per heavy atom. The molecule has 1 aromatic heterocycles. The average Bonchev–Trinajstić information content (AvgIpc) is 3.13. The molecule has 0 aliphatic carbocycles. The van der Waals surface area contributed by atoms with E-state index in [0.717, 1.165) is 24.6 Å². The zero-order valence-electron chi connectivity index (χ0n) is 16.4. The van der Waals surface area contributed by atoms with E-state index >= 15 is 0 Å². The first-order chi connectivity index (χ1) is 14.0. The van der Waals surface area contributed by atoms with Gasteiger partial charge in [0.25, 0.3) is 0 Å². The van der Waals surface area contributed by atoms with Crippen molar-refractivity contribution in [3.8, 4) is 11.5 Å². The van der Waals surface area contributed by atoms with Gasteiger partial charge in [-0.15, -0.1) is 5.10 Å². The van der Waals surface area contributed by atoms with Crippen molar-refractivity contribution in [3.05, 3.63) is 34.5 Å². The Morgan fingerprint density at radius 1 is 1.28 bits per heavy atom. The largest absolute Gasteiger partial charge is 0.493 e. The number of aryl methyl sites for hydroxylation is 1. The van der Waals surface area contributed by atoms with Crippen molar-refractivity contribution in [3.63, 3.8) is 0 Å². The molecule has 0 amide bonds. The first-order valence-corrected chi connectivity index (χ1v) is 9.79. The van der Waals surface area contributed by atoms with Gasteiger partial charge in [0.05, 0.1) is 13.7 Å². The second kappa shape index (κ2) is 11.1. The lowest BCUT2D eigenvalue weighted by molar-refractivity contribution is -0.145. The number of carbonyl (C=O) groups is 2. The molecule has 2 rings (SSSR count). The summed E-state index contributed by atoms with van der Waals surface area (Å²) < 4.78 is 15.5. The second-order valence-electron chi connectivity index (χ2n) is 5.73. The number of nitrogens with zero attached hydrogens (tertiary/aromatic N) is 2. The Balaban J connectivity index is 2.17. The highest BCUT2D eigenvalue weighted by Crippen LogP contribution is 2.31. The molecule has 0 fully saturated rings. The minimum Gasteiger partial charge on any atom is -0.493 e. The lowest BCUT2D eigenvalue weighted by Gasteiger charge is -2.11. The van der Waals surface area contributed by atoms with Crippen LogP contribution in [-0.2, 0) is 20.7 Å². The summed E-state index contributed by atoms with van der Waals surface area (Å²) in [6, 6.07) is 4.87. The van der Waals surface area contributed by atoms with Crippen LogP contribution in [0, 0.1) is 0 Å². The highest BCUT2D eigenvalue weighted by atomic mass is 32.2. The number of aromatic amines is 1. The fourth-order valence-corrected chi connectivity index (χ4v) is 3.02. The first kappa shape index (κ1) is 22.3. The third kappa shape index (κ3) is 6.83. The van der Waals surface area contributed by atoms with Gasteiger partial charge in [0.2, 0.25) is 5.16 Å². The van der Waals surface area contributed by atoms with E-state index in [-0.39, 0.29) is 18.1 Å². The predicted molar refractivity (Wildman–Crippen MR) is 107 cm³/mol. The number of carboxylic acids is 1. The molecule has 0 spiro atoms. The normalized spacial score (nSPS) is 11.2. The topological polar surface area (TPSA) is 124 Å². The van der Waals surface area contributed by atoms with Gasteiger partial charge in [0, 0.05) is 6.42 Å². The van der Waals surface area contributed by atoms with Gasteiger partial charge in [0.15, 0.2) is 18.1 Å². The van der Waals surface area contributed by atoms with E-state index in [4.69, 9.17) is 14.2 Å². The maximum atomic E-state index is 11.6. The number of ether oxygens (including phenoxy) is 3. The number of aromatic nitrogens is 3. The van der Waals surface area contributed by atoms with E-state index in [1.807, 2.05) is 6.92 Å². The zero-order valence-corrected chi connectivity index (χ0v) is 17.2. The molecule has 0 radical (unpaired) electrons. The second-order valence-corrected chi connectivity index (χ2v) is 6.74. The summed E-state index contributed by atoms with van der Waals surface area (Å²) >= 11 is 0.950. The van der Waals surface area contributed by atoms with Crippen LogP contribution in [-0.4, -0.2) is 52.6 Å². The van der Waals surface area contributed by atoms with Gasteiger partial charge < -0.3 is 19.3 Å². The van der Waals surface area contributed by atoms with Crippen LogP contribution in [0.25, 0.3) is 6.08 Å². The van der Waals surface area contributed by atoms with Gasteiger partial charge in [-0.25, -0.2) is 14.6 Å². The van der Waals surface area contributed by atoms with Crippen molar-refractivity contribution >= 4 is 29.8 Å². The van der Waals surface area contributed by atoms with Crippen molar-refractivity contribution in [1.82, 2.24) is 15.2 Å². The molecule has 9 nitrogen and oxygen atoms in total. The maximum absolute atomic E-state index is 11.6. The molecule has 2 N–H and O–H groups in total. The third-order valence-corrected chi connectivity index (χ3v) is 4.42. The molecule has 0 unspecified atom stereocenters. The van der Waals surface area contributed by atoms with Gasteiger partial charge in [-0.1, -0.05) is 13.0 Å². The minimum atomic E-state index is -1.10. The van der Waals surface area contributed by atoms with E-state index in [1.54, 1.807) is 25.1 Å². The van der Waals surface area contributed by atoms with Crippen LogP contribution in [0.15, 0.2) is 28.3 Å². The number of methoxy groups -OCH3 is 1. The molecule has 0 bridgehead atoms. The molecular weight excluding hydrogens is 398 g/mol. The fourth-order valence-electron chi connectivity index (χ4n) is 2.29. The molecule has 0 saturated carbocycles. The highest BCUT2D eigenvalue weighted by Gasteiger charge is 2.15. The SMILES string of the molecule is CCCc1nc(S/C(=C\c2ccc(OCC(=O)OCC)c(OC)c2)C(=O)O)n[nH]1. The smallest absolute Gasteiger partial charge is 0.344 e. The number of benzene rings is 1. The predicted octanol–water partition coefficient (Wildman–Crippen LogP) is 2.93. The molecule has 10 heteroatoms. The van der Waals surface area contributed by atoms with E-state index in [9.17, 15) is 14.7 Å². The third-order valence-electron chi connectivity index (χ3n) is 3.55. The summed E-state index contributed by atoms with van der Waals surface area (Å²) in [7, 11) is 1.45. The van der Waals surface area contributed by atoms with E-state index in [1.165, 1.54) is 13.2 Å². The average molecular weight is 421 g/mol. The Bertz CT molecular complexity index is 881. The van der Waals surface area contributed by atoms with E-state index in [2.05, 4.69) is 15.2 Å². The Morgan fingerprint density at radius 2 is 2.07 bits per heavy atom. The monoisotopic (exact) mass is 421 g/mol. The van der Waals surface area contributed by atoms with Crippen LogP contribution in [0.3, 0.4) is 0 Å². The number of hydrogen-bond donors (Lipinski definition) is 2. The van der Waals surface area contributed by atoms with Crippen LogP contribution in [0.4, 0.5) is 0 Å². The van der Waals surface area contributed by atoms with E-state index < -0.39 is 11.9 Å². The number of carbonyl (C=O) groups excluding carboxylic acids is 1. The number of thioether (sulfide) groups is 1. The van der Waals surface area contributed by atoms with E-state index in [0.29, 0.717) is 28.0 Å². The van der Waals surface area contributed by atoms with Crippen molar-refractivity contribution in [2.75, 3.05) is 20.3 Å². The summed E-state index contributed by atoms with van der Waals surface area (Å²) in [6.45, 7) is 3.75. The first-order valence-electron chi connectivity index (χ1n) is 8.97. The molecule has 1 heterocycles. The lowest BCUT2D eigenvalue weighted by Crippen LogP contribution is -2.14. The Kier molecular flexibility index (Phi) is 8.53. The molecular formula is C19H23N3O6S. The zero-order chi connectivity index (χ0) is 21.2. The Hall–Kier alpha value is -3.01. The standard InChI is InChI=1S/C19H23N3O6S/c1-4-6-16-20-19(22-21-16)29-15(18(24)25)10-12-7-8-13(14(9-12)26-3)28-11-17(23)27-5-2/h7-10H,4-6,11H2,1-3H3,(H,24,25)(H,20,21,22)/b15-10-. The number of rotatable bonds is 11. The van der Waals surface area contributed by atoms with Crippen molar-refractivity contribution < 1.29 is 28.9 Å². The maximum Gasteiger partial charge on any atom is 0.344 e. The number of H-pyrrole nitrogens is 1. The quantitative estimate of drug-likeness (QED) is 0.320. The molecule has 0 aliphatic rings. The highest BCUT2D eigenvalue weighted by molar-refractivity contribution is 8.04. The number of esters is 1. The van der Waals surface area contributed by atoms with Gasteiger partial charge in [-0.2, -0.15) is 0 Å². The number of aliphatic carboxylic acids is 1. The van der Waals surface area contributed by atoms with Crippen LogP contribution < -0.4 is 9.47 Å². The van der Waals surface area contributed by atoms with Crippen molar-refractivity contribution in [1.29, 1.82) is 0 Å². The lowest BCUT2D eigenvalue weighted by atomic mass is 10.2. The molecule has 0 aliphatic heterocycles. The Labute approximate surface area is 172 Å². The molecule has 0 atom stereocenters. The fraction of sp³-hybridized carbons (Fsp3) is 0.368. The van der Waals surface area contributed by atoms with Gasteiger partial charge in [-0.3, -0.25) is 5.10 Å². The van der Waals surface area contributed by atoms with Crippen LogP contribution in [0.5, 0.6) is 11.5 Å². The summed E-state index contributed by atoms with van der Waals surface area (Å²) in [5.41, 5.74) is 0.583. The van der Waals surface area contributed by atoms with Crippen LogP contribution in [0.1, 0.15) is 31.7 Å². The minimum absolute atomic E-state index is 0.0503. The number of carboxylic acid groups (broad SMARTS) is 1. The van der Waals surface area contributed by atoms with Crippen molar-refractivity contribution in [2.45, 2.75) is 31.8 Å². The summed E-state index contributed by atoms with van der Waals surface area (Å²) in [5.74, 6) is -0.165. The van der Waals surface area contributed by atoms with Crippen molar-refractivity contribution in [2.24, 2.45) is 0 Å².